The topological polar surface area (TPSA) is 78.8 Å². The molecule has 10 heteroatoms. The Balaban J connectivity index is 1.82. The van der Waals surface area contributed by atoms with Crippen molar-refractivity contribution in [2.24, 2.45) is 5.10 Å². The van der Waals surface area contributed by atoms with Crippen LogP contribution in [0.5, 0.6) is 0 Å². The molecule has 0 atom stereocenters. The molecule has 3 rings (SSSR count). The second kappa shape index (κ2) is 10.4. The van der Waals surface area contributed by atoms with Gasteiger partial charge in [0.1, 0.15) is 6.54 Å². The van der Waals surface area contributed by atoms with Crippen molar-refractivity contribution in [1.29, 1.82) is 0 Å². The number of nitrogens with zero attached hydrogens (tertiary/aromatic N) is 2. The normalized spacial score (nSPS) is 11.5. The number of carbonyl (C=O) groups is 1. The van der Waals surface area contributed by atoms with Gasteiger partial charge in [0.2, 0.25) is 0 Å². The van der Waals surface area contributed by atoms with Crippen molar-refractivity contribution in [2.75, 3.05) is 10.8 Å². The molecule has 0 heterocycles. The molecule has 0 bridgehead atoms. The molecule has 0 saturated heterocycles. The van der Waals surface area contributed by atoms with Crippen molar-refractivity contribution in [1.82, 2.24) is 5.43 Å². The van der Waals surface area contributed by atoms with E-state index in [4.69, 9.17) is 34.8 Å². The van der Waals surface area contributed by atoms with Gasteiger partial charge in [-0.1, -0.05) is 58.6 Å². The highest BCUT2D eigenvalue weighted by Gasteiger charge is 2.27. The van der Waals surface area contributed by atoms with Crippen LogP contribution >= 0.6 is 34.8 Å². The van der Waals surface area contributed by atoms with Crippen LogP contribution in [-0.4, -0.2) is 27.1 Å². The average Bonchev–Trinajstić information content (AvgIpc) is 2.75. The molecule has 0 radical (unpaired) electrons. The highest BCUT2D eigenvalue weighted by atomic mass is 35.5. The van der Waals surface area contributed by atoms with E-state index >= 15 is 0 Å². The number of nitrogens with one attached hydrogen (secondary N) is 1. The molecule has 1 amide bonds. The SMILES string of the molecule is Cc1ccc(N(CC(=O)N/N=C\c2ccc(Cl)c(Cl)c2)S(=O)(=O)c2ccc(Cl)cc2)cc1. The van der Waals surface area contributed by atoms with Crippen LogP contribution < -0.4 is 9.73 Å². The monoisotopic (exact) mass is 509 g/mol. The van der Waals surface area contributed by atoms with E-state index in [1.165, 1.54) is 30.5 Å². The molecule has 0 saturated carbocycles. The summed E-state index contributed by atoms with van der Waals surface area (Å²) in [6.45, 7) is 1.40. The summed E-state index contributed by atoms with van der Waals surface area (Å²) in [5, 5.41) is 5.02. The van der Waals surface area contributed by atoms with Crippen LogP contribution in [0.15, 0.2) is 76.7 Å². The first-order chi connectivity index (χ1) is 15.2. The molecule has 0 aromatic heterocycles. The first-order valence-corrected chi connectivity index (χ1v) is 11.9. The first-order valence-electron chi connectivity index (χ1n) is 9.29. The van der Waals surface area contributed by atoms with Crippen molar-refractivity contribution in [3.8, 4) is 0 Å². The zero-order valence-corrected chi connectivity index (χ0v) is 19.9. The second-order valence-electron chi connectivity index (χ2n) is 6.77. The Hall–Kier alpha value is -2.58. The molecule has 0 fully saturated rings. The minimum atomic E-state index is -4.04. The standard InChI is InChI=1S/C22H18Cl3N3O3S/c1-15-2-7-18(8-3-15)28(32(30,31)19-9-5-17(23)6-10-19)14-22(29)27-26-13-16-4-11-20(24)21(25)12-16/h2-13H,14H2,1H3,(H,27,29)/b26-13-. The Morgan fingerprint density at radius 1 is 0.969 bits per heavy atom. The van der Waals surface area contributed by atoms with Gasteiger partial charge < -0.3 is 0 Å². The molecule has 6 nitrogen and oxygen atoms in total. The van der Waals surface area contributed by atoms with Crippen LogP contribution in [0.3, 0.4) is 0 Å². The third-order valence-corrected chi connectivity index (χ3v) is 7.14. The number of benzene rings is 3. The van der Waals surface area contributed by atoms with Gasteiger partial charge in [-0.3, -0.25) is 9.10 Å². The number of carbonyl (C=O) groups excluding carboxylic acids is 1. The van der Waals surface area contributed by atoms with Gasteiger partial charge in [-0.05, 0) is 61.0 Å². The molecule has 0 aliphatic heterocycles. The second-order valence-corrected chi connectivity index (χ2v) is 9.88. The van der Waals surface area contributed by atoms with Gasteiger partial charge in [-0.25, -0.2) is 13.8 Å². The van der Waals surface area contributed by atoms with Crippen molar-refractivity contribution >= 4 is 62.6 Å². The number of sulfonamides is 1. The van der Waals surface area contributed by atoms with Crippen molar-refractivity contribution < 1.29 is 13.2 Å². The van der Waals surface area contributed by atoms with E-state index in [0.717, 1.165) is 9.87 Å². The van der Waals surface area contributed by atoms with Gasteiger partial charge in [-0.15, -0.1) is 0 Å². The van der Waals surface area contributed by atoms with Crippen LogP contribution in [0.1, 0.15) is 11.1 Å². The molecule has 32 heavy (non-hydrogen) atoms. The maximum Gasteiger partial charge on any atom is 0.264 e. The van der Waals surface area contributed by atoms with E-state index < -0.39 is 22.5 Å². The summed E-state index contributed by atoms with van der Waals surface area (Å²) in [7, 11) is -4.04. The first kappa shape index (κ1) is 24.1. The molecule has 0 unspecified atom stereocenters. The summed E-state index contributed by atoms with van der Waals surface area (Å²) in [6, 6.07) is 17.4. The van der Waals surface area contributed by atoms with Gasteiger partial charge in [-0.2, -0.15) is 5.10 Å². The maximum absolute atomic E-state index is 13.3. The molecule has 0 spiro atoms. The molecular formula is C22H18Cl3N3O3S. The van der Waals surface area contributed by atoms with E-state index in [9.17, 15) is 13.2 Å². The van der Waals surface area contributed by atoms with E-state index in [-0.39, 0.29) is 4.90 Å². The van der Waals surface area contributed by atoms with E-state index in [1.54, 1.807) is 42.5 Å². The summed E-state index contributed by atoms with van der Waals surface area (Å²) in [5.74, 6) is -0.626. The zero-order chi connectivity index (χ0) is 23.3. The smallest absolute Gasteiger partial charge is 0.264 e. The van der Waals surface area contributed by atoms with Crippen LogP contribution in [-0.2, 0) is 14.8 Å². The fourth-order valence-corrected chi connectivity index (χ4v) is 4.55. The summed E-state index contributed by atoms with van der Waals surface area (Å²) in [4.78, 5) is 12.5. The lowest BCUT2D eigenvalue weighted by Gasteiger charge is -2.23. The highest BCUT2D eigenvalue weighted by Crippen LogP contribution is 2.25. The van der Waals surface area contributed by atoms with Crippen LogP contribution in [0, 0.1) is 6.92 Å². The molecule has 3 aromatic rings. The molecular weight excluding hydrogens is 493 g/mol. The lowest BCUT2D eigenvalue weighted by atomic mass is 10.2. The molecule has 1 N–H and O–H groups in total. The number of aryl methyl sites for hydroxylation is 1. The summed E-state index contributed by atoms with van der Waals surface area (Å²) in [5.41, 5.74) is 4.25. The van der Waals surface area contributed by atoms with Crippen LogP contribution in [0.25, 0.3) is 0 Å². The van der Waals surface area contributed by atoms with Gasteiger partial charge in [0.25, 0.3) is 15.9 Å². The average molecular weight is 511 g/mol. The Morgan fingerprint density at radius 3 is 2.25 bits per heavy atom. The predicted molar refractivity (Wildman–Crippen MR) is 129 cm³/mol. The lowest BCUT2D eigenvalue weighted by Crippen LogP contribution is -2.39. The Morgan fingerprint density at radius 2 is 1.62 bits per heavy atom. The Labute approximate surface area is 201 Å². The van der Waals surface area contributed by atoms with Gasteiger partial charge in [0, 0.05) is 5.02 Å². The summed E-state index contributed by atoms with van der Waals surface area (Å²) < 4.78 is 27.5. The zero-order valence-electron chi connectivity index (χ0n) is 16.8. The van der Waals surface area contributed by atoms with Crippen molar-refractivity contribution in [3.63, 3.8) is 0 Å². The number of anilines is 1. The fraction of sp³-hybridized carbons (Fsp3) is 0.0909. The minimum absolute atomic E-state index is 0.00887. The highest BCUT2D eigenvalue weighted by molar-refractivity contribution is 7.92. The number of hydrazone groups is 1. The number of hydrogen-bond donors (Lipinski definition) is 1. The van der Waals surface area contributed by atoms with Gasteiger partial charge >= 0.3 is 0 Å². The van der Waals surface area contributed by atoms with E-state index in [0.29, 0.717) is 26.3 Å². The Kier molecular flexibility index (Phi) is 7.79. The van der Waals surface area contributed by atoms with Crippen molar-refractivity contribution in [3.05, 3.63) is 92.9 Å². The van der Waals surface area contributed by atoms with E-state index in [2.05, 4.69) is 10.5 Å². The quantitative estimate of drug-likeness (QED) is 0.346. The minimum Gasteiger partial charge on any atom is -0.271 e. The third kappa shape index (κ3) is 6.01. The number of rotatable bonds is 7. The molecule has 3 aromatic carbocycles. The number of halogens is 3. The number of amides is 1. The number of hydrogen-bond acceptors (Lipinski definition) is 4. The van der Waals surface area contributed by atoms with Gasteiger partial charge in [0.15, 0.2) is 0 Å². The fourth-order valence-electron chi connectivity index (χ4n) is 2.70. The largest absolute Gasteiger partial charge is 0.271 e. The van der Waals surface area contributed by atoms with Crippen molar-refractivity contribution in [2.45, 2.75) is 11.8 Å². The molecule has 166 valence electrons. The lowest BCUT2D eigenvalue weighted by molar-refractivity contribution is -0.119. The maximum atomic E-state index is 13.3. The molecule has 0 aliphatic carbocycles. The predicted octanol–water partition coefficient (Wildman–Crippen LogP) is 5.30. The summed E-state index contributed by atoms with van der Waals surface area (Å²) in [6.07, 6.45) is 1.38. The van der Waals surface area contributed by atoms with Crippen LogP contribution in [0.2, 0.25) is 15.1 Å². The van der Waals surface area contributed by atoms with E-state index in [1.807, 2.05) is 6.92 Å². The Bertz CT molecular complexity index is 1250. The van der Waals surface area contributed by atoms with Gasteiger partial charge in [0.05, 0.1) is 26.8 Å². The third-order valence-electron chi connectivity index (χ3n) is 4.36. The molecule has 0 aliphatic rings. The van der Waals surface area contributed by atoms with Crippen LogP contribution in [0.4, 0.5) is 5.69 Å². The summed E-state index contributed by atoms with van der Waals surface area (Å²) >= 11 is 17.7.